The minimum absolute atomic E-state index is 0. The second-order valence-electron chi connectivity index (χ2n) is 5.20. The second-order valence-corrected chi connectivity index (χ2v) is 9.79. The molecule has 0 bridgehead atoms. The summed E-state index contributed by atoms with van der Waals surface area (Å²) in [5.41, 5.74) is 0. The third-order valence-electron chi connectivity index (χ3n) is 3.40. The van der Waals surface area contributed by atoms with Crippen molar-refractivity contribution in [3.8, 4) is 0 Å². The van der Waals surface area contributed by atoms with Crippen LogP contribution in [0.1, 0.15) is 65.7 Å². The quantitative estimate of drug-likeness (QED) is 0.421. The zero-order valence-corrected chi connectivity index (χ0v) is 13.5. The maximum absolute atomic E-state index is 2.63. The first-order valence-corrected chi connectivity index (χ1v) is 9.81. The van der Waals surface area contributed by atoms with Gasteiger partial charge in [-0.25, -0.2) is 0 Å². The maximum Gasteiger partial charge on any atom is 0.0591 e. The molecule has 0 aromatic heterocycles. The molecule has 0 aliphatic carbocycles. The van der Waals surface area contributed by atoms with Crippen LogP contribution in [0.4, 0.5) is 0 Å². The van der Waals surface area contributed by atoms with Crippen molar-refractivity contribution in [2.24, 2.45) is 0 Å². The van der Waals surface area contributed by atoms with Crippen LogP contribution in [-0.2, 0) is 0 Å². The zero-order chi connectivity index (χ0) is 11.6. The van der Waals surface area contributed by atoms with Gasteiger partial charge >= 0.3 is 0 Å². The van der Waals surface area contributed by atoms with Crippen LogP contribution in [0, 0.1) is 0 Å². The van der Waals surface area contributed by atoms with E-state index in [-0.39, 0.29) is 12.4 Å². The summed E-state index contributed by atoms with van der Waals surface area (Å²) in [4.78, 5) is 0. The fourth-order valence-electron chi connectivity index (χ4n) is 2.16. The van der Waals surface area contributed by atoms with Gasteiger partial charge in [-0.3, -0.25) is 0 Å². The molecule has 0 nitrogen and oxygen atoms in total. The highest BCUT2D eigenvalue weighted by atomic mass is 35.5. The van der Waals surface area contributed by atoms with Gasteiger partial charge in [0.25, 0.3) is 0 Å². The summed E-state index contributed by atoms with van der Waals surface area (Å²) < 4.78 is 0. The Bertz CT molecular complexity index is 129. The normalized spacial score (nSPS) is 11.2. The summed E-state index contributed by atoms with van der Waals surface area (Å²) in [5, 5.41) is 0. The van der Waals surface area contributed by atoms with Gasteiger partial charge in [0.15, 0.2) is 0 Å². The van der Waals surface area contributed by atoms with Crippen molar-refractivity contribution in [2.75, 3.05) is 25.2 Å². The van der Waals surface area contributed by atoms with Crippen molar-refractivity contribution in [1.29, 1.82) is 0 Å². The lowest BCUT2D eigenvalue weighted by Crippen LogP contribution is -3.00. The van der Waals surface area contributed by atoms with Crippen LogP contribution >= 0.6 is 7.26 Å². The Morgan fingerprint density at radius 1 is 0.625 bits per heavy atom. The molecule has 0 fully saturated rings. The molecule has 0 rings (SSSR count). The van der Waals surface area contributed by atoms with Crippen LogP contribution in [0.3, 0.4) is 0 Å². The lowest BCUT2D eigenvalue weighted by atomic mass is 10.3. The summed E-state index contributed by atoms with van der Waals surface area (Å²) >= 11 is 0. The molecule has 0 atom stereocenters. The molecule has 0 aliphatic heterocycles. The number of halogens is 1. The van der Waals surface area contributed by atoms with Crippen molar-refractivity contribution in [1.82, 2.24) is 0 Å². The van der Waals surface area contributed by atoms with E-state index in [0.29, 0.717) is 0 Å². The Morgan fingerprint density at radius 2 is 1.00 bits per heavy atom. The van der Waals surface area contributed by atoms with Crippen LogP contribution in [0.15, 0.2) is 0 Å². The average molecular weight is 267 g/mol. The average Bonchev–Trinajstić information content (AvgIpc) is 2.24. The van der Waals surface area contributed by atoms with Crippen LogP contribution in [0.25, 0.3) is 0 Å². The van der Waals surface area contributed by atoms with E-state index < -0.39 is 7.26 Å². The third-order valence-corrected chi connectivity index (χ3v) is 7.59. The molecule has 0 aromatic carbocycles. The minimum atomic E-state index is -0.532. The lowest BCUT2D eigenvalue weighted by Gasteiger charge is -2.23. The molecule has 0 unspecified atom stereocenters. The van der Waals surface area contributed by atoms with Gasteiger partial charge in [-0.05, 0) is 19.3 Å². The second kappa shape index (κ2) is 12.2. The largest absolute Gasteiger partial charge is 1.00 e. The Labute approximate surface area is 111 Å². The molecule has 0 heterocycles. The monoisotopic (exact) mass is 266 g/mol. The lowest BCUT2D eigenvalue weighted by molar-refractivity contribution is -0.00000361. The molecule has 100 valence electrons. The van der Waals surface area contributed by atoms with Crippen molar-refractivity contribution in [2.45, 2.75) is 65.7 Å². The van der Waals surface area contributed by atoms with E-state index in [2.05, 4.69) is 27.4 Å². The summed E-state index contributed by atoms with van der Waals surface area (Å²) in [6, 6.07) is 0. The van der Waals surface area contributed by atoms with Crippen LogP contribution < -0.4 is 12.4 Å². The molecule has 0 saturated carbocycles. The molecule has 2 heteroatoms. The standard InChI is InChI=1S/C14H32P.ClH/c1-5-8-11-14-15(4,12-9-6-2)13-10-7-3;/h5-14H2,1-4H3;1H/q+1;/p-1. The predicted molar refractivity (Wildman–Crippen MR) is 76.8 cm³/mol. The van der Waals surface area contributed by atoms with E-state index in [1.54, 1.807) is 18.5 Å². The zero-order valence-electron chi connectivity index (χ0n) is 11.9. The Hall–Kier alpha value is 0.720. The summed E-state index contributed by atoms with van der Waals surface area (Å²) in [6.07, 6.45) is 14.7. The highest BCUT2D eigenvalue weighted by Gasteiger charge is 2.28. The van der Waals surface area contributed by atoms with Gasteiger partial charge in [-0.2, -0.15) is 0 Å². The number of hydrogen-bond acceptors (Lipinski definition) is 0. The smallest absolute Gasteiger partial charge is 0.0591 e. The molecule has 0 aromatic rings. The number of rotatable bonds is 10. The van der Waals surface area contributed by atoms with Crippen molar-refractivity contribution < 1.29 is 12.4 Å². The summed E-state index contributed by atoms with van der Waals surface area (Å²) in [7, 11) is -0.532. The van der Waals surface area contributed by atoms with E-state index in [9.17, 15) is 0 Å². The van der Waals surface area contributed by atoms with Gasteiger partial charge in [0.05, 0.1) is 18.5 Å². The summed E-state index contributed by atoms with van der Waals surface area (Å²) in [6.45, 7) is 9.61. The molecule has 0 saturated heterocycles. The van der Waals surface area contributed by atoms with Gasteiger partial charge < -0.3 is 12.4 Å². The van der Waals surface area contributed by atoms with Gasteiger partial charge in [0, 0.05) is 13.9 Å². The van der Waals surface area contributed by atoms with Gasteiger partial charge in [-0.1, -0.05) is 46.5 Å². The first-order chi connectivity index (χ1) is 7.18. The Kier molecular flexibility index (Phi) is 14.5. The van der Waals surface area contributed by atoms with E-state index >= 15 is 0 Å². The molecule has 0 radical (unpaired) electrons. The molecule has 0 spiro atoms. The highest BCUT2D eigenvalue weighted by Crippen LogP contribution is 2.57. The van der Waals surface area contributed by atoms with Gasteiger partial charge in [0.2, 0.25) is 0 Å². The highest BCUT2D eigenvalue weighted by molar-refractivity contribution is 7.75. The van der Waals surface area contributed by atoms with Crippen LogP contribution in [0.2, 0.25) is 0 Å². The predicted octanol–water partition coefficient (Wildman–Crippen LogP) is 2.43. The van der Waals surface area contributed by atoms with E-state index in [1.165, 1.54) is 44.9 Å². The SMILES string of the molecule is CCCCC[P+](C)(CCCC)CCCC.[Cl-]. The maximum atomic E-state index is 2.63. The fraction of sp³-hybridized carbons (Fsp3) is 1.00. The molecule has 0 N–H and O–H groups in total. The van der Waals surface area contributed by atoms with Crippen LogP contribution in [-0.4, -0.2) is 25.2 Å². The Morgan fingerprint density at radius 3 is 1.38 bits per heavy atom. The number of hydrogen-bond donors (Lipinski definition) is 0. The molecule has 16 heavy (non-hydrogen) atoms. The first kappa shape index (κ1) is 19.1. The fourth-order valence-corrected chi connectivity index (χ4v) is 5.98. The van der Waals surface area contributed by atoms with E-state index in [1.807, 2.05) is 0 Å². The molecular weight excluding hydrogens is 235 g/mol. The van der Waals surface area contributed by atoms with E-state index in [4.69, 9.17) is 0 Å². The molecule has 0 aliphatic rings. The van der Waals surface area contributed by atoms with Gasteiger partial charge in [0.1, 0.15) is 0 Å². The van der Waals surface area contributed by atoms with E-state index in [0.717, 1.165) is 0 Å². The van der Waals surface area contributed by atoms with Crippen LogP contribution in [0.5, 0.6) is 0 Å². The number of unbranched alkanes of at least 4 members (excludes halogenated alkanes) is 4. The molecular formula is C14H32ClP. The van der Waals surface area contributed by atoms with Crippen molar-refractivity contribution >= 4 is 7.26 Å². The summed E-state index contributed by atoms with van der Waals surface area (Å²) in [5.74, 6) is 0. The Balaban J connectivity index is 0. The van der Waals surface area contributed by atoms with Gasteiger partial charge in [-0.15, -0.1) is 0 Å². The first-order valence-electron chi connectivity index (χ1n) is 7.02. The van der Waals surface area contributed by atoms with Crippen molar-refractivity contribution in [3.63, 3.8) is 0 Å². The topological polar surface area (TPSA) is 0 Å². The minimum Gasteiger partial charge on any atom is -1.00 e. The molecule has 0 amide bonds. The third kappa shape index (κ3) is 9.91. The van der Waals surface area contributed by atoms with Crippen molar-refractivity contribution in [3.05, 3.63) is 0 Å².